The summed E-state index contributed by atoms with van der Waals surface area (Å²) < 4.78 is 14.5. The van der Waals surface area contributed by atoms with Crippen LogP contribution in [0.5, 0.6) is 0 Å². The van der Waals surface area contributed by atoms with Crippen LogP contribution in [0.2, 0.25) is 0 Å². The van der Waals surface area contributed by atoms with Gasteiger partial charge in [-0.15, -0.1) is 5.10 Å². The van der Waals surface area contributed by atoms with Crippen molar-refractivity contribution in [1.29, 1.82) is 0 Å². The number of benzene rings is 1. The lowest BCUT2D eigenvalue weighted by molar-refractivity contribution is 0.102. The Hall–Kier alpha value is -2.28. The van der Waals surface area contributed by atoms with Gasteiger partial charge in [-0.2, -0.15) is 4.98 Å². The smallest absolute Gasteiger partial charge is 0.253 e. The number of halogens is 1. The van der Waals surface area contributed by atoms with Crippen LogP contribution in [0, 0.1) is 19.7 Å². The van der Waals surface area contributed by atoms with Gasteiger partial charge in [0, 0.05) is 17.0 Å². The number of Topliss-reactive ketones (excluding diaryl/α,β-unsaturated/α-hetero) is 1. The van der Waals surface area contributed by atoms with E-state index >= 15 is 0 Å². The van der Waals surface area contributed by atoms with Crippen molar-refractivity contribution in [2.24, 2.45) is 0 Å². The number of aryl methyl sites for hydroxylation is 2. The van der Waals surface area contributed by atoms with Gasteiger partial charge in [0.1, 0.15) is 5.82 Å². The zero-order chi connectivity index (χ0) is 15.7. The lowest BCUT2D eigenvalue weighted by Gasteiger charge is -1.98. The molecule has 2 heterocycles. The summed E-state index contributed by atoms with van der Waals surface area (Å²) in [4.78, 5) is 20.7. The Bertz CT molecular complexity index is 845. The van der Waals surface area contributed by atoms with Crippen molar-refractivity contribution in [3.63, 3.8) is 0 Å². The molecule has 2 aromatic heterocycles. The SMILES string of the molecule is Cc1cc(C)n2nc(SCC(=O)c3ccc(F)cc3)nc2n1. The van der Waals surface area contributed by atoms with E-state index in [1.807, 2.05) is 19.9 Å². The van der Waals surface area contributed by atoms with Gasteiger partial charge in [0.2, 0.25) is 5.16 Å². The van der Waals surface area contributed by atoms with Gasteiger partial charge in [0.05, 0.1) is 5.75 Å². The number of ketones is 1. The Morgan fingerprint density at radius 3 is 2.68 bits per heavy atom. The van der Waals surface area contributed by atoms with Crippen molar-refractivity contribution >= 4 is 23.3 Å². The van der Waals surface area contributed by atoms with Crippen molar-refractivity contribution in [2.45, 2.75) is 19.0 Å². The van der Waals surface area contributed by atoms with Crippen LogP contribution in [-0.4, -0.2) is 31.1 Å². The van der Waals surface area contributed by atoms with E-state index in [0.717, 1.165) is 11.4 Å². The monoisotopic (exact) mass is 316 g/mol. The molecule has 0 aliphatic rings. The summed E-state index contributed by atoms with van der Waals surface area (Å²) >= 11 is 1.24. The van der Waals surface area contributed by atoms with Crippen molar-refractivity contribution in [1.82, 2.24) is 19.6 Å². The molecular weight excluding hydrogens is 303 g/mol. The highest BCUT2D eigenvalue weighted by molar-refractivity contribution is 7.99. The van der Waals surface area contributed by atoms with Crippen LogP contribution in [0.4, 0.5) is 4.39 Å². The topological polar surface area (TPSA) is 60.2 Å². The molecule has 0 bridgehead atoms. The van der Waals surface area contributed by atoms with Gasteiger partial charge in [0.25, 0.3) is 5.78 Å². The molecule has 0 aliphatic carbocycles. The highest BCUT2D eigenvalue weighted by Crippen LogP contribution is 2.17. The van der Waals surface area contributed by atoms with Gasteiger partial charge in [-0.25, -0.2) is 13.9 Å². The number of hydrogen-bond acceptors (Lipinski definition) is 5. The summed E-state index contributed by atoms with van der Waals surface area (Å²) in [7, 11) is 0. The van der Waals surface area contributed by atoms with Gasteiger partial charge < -0.3 is 0 Å². The third-order valence-corrected chi connectivity index (χ3v) is 3.94. The highest BCUT2D eigenvalue weighted by Gasteiger charge is 2.11. The average Bonchev–Trinajstić information content (AvgIpc) is 2.89. The molecule has 0 unspecified atom stereocenters. The normalized spacial score (nSPS) is 11.0. The quantitative estimate of drug-likeness (QED) is 0.547. The summed E-state index contributed by atoms with van der Waals surface area (Å²) in [5.74, 6) is 0.266. The molecule has 3 rings (SSSR count). The molecule has 1 aromatic carbocycles. The first kappa shape index (κ1) is 14.6. The maximum Gasteiger partial charge on any atom is 0.253 e. The molecule has 0 aliphatic heterocycles. The fraction of sp³-hybridized carbons (Fsp3) is 0.200. The standard InChI is InChI=1S/C15H13FN4OS/c1-9-7-10(2)20-14(17-9)18-15(19-20)22-8-13(21)11-3-5-12(16)6-4-11/h3-7H,8H2,1-2H3. The Morgan fingerprint density at radius 2 is 1.95 bits per heavy atom. The molecule has 0 fully saturated rings. The number of thioether (sulfide) groups is 1. The van der Waals surface area contributed by atoms with Crippen LogP contribution in [0.1, 0.15) is 21.7 Å². The minimum atomic E-state index is -0.358. The van der Waals surface area contributed by atoms with E-state index in [1.54, 1.807) is 4.52 Å². The molecule has 22 heavy (non-hydrogen) atoms. The van der Waals surface area contributed by atoms with E-state index < -0.39 is 0 Å². The molecule has 5 nitrogen and oxygen atoms in total. The second-order valence-corrected chi connectivity index (χ2v) is 5.81. The minimum absolute atomic E-state index is 0.0929. The largest absolute Gasteiger partial charge is 0.293 e. The van der Waals surface area contributed by atoms with E-state index in [9.17, 15) is 9.18 Å². The molecule has 0 N–H and O–H groups in total. The zero-order valence-electron chi connectivity index (χ0n) is 12.1. The fourth-order valence-electron chi connectivity index (χ4n) is 2.06. The summed E-state index contributed by atoms with van der Waals surface area (Å²) in [6, 6.07) is 7.42. The highest BCUT2D eigenvalue weighted by atomic mass is 32.2. The molecule has 112 valence electrons. The number of carbonyl (C=O) groups excluding carboxylic acids is 1. The maximum absolute atomic E-state index is 12.8. The molecule has 0 spiro atoms. The van der Waals surface area contributed by atoms with Gasteiger partial charge in [-0.05, 0) is 44.2 Å². The molecule has 3 aromatic rings. The molecular formula is C15H13FN4OS. The van der Waals surface area contributed by atoms with Crippen LogP contribution in [0.25, 0.3) is 5.78 Å². The first-order chi connectivity index (χ1) is 10.5. The van der Waals surface area contributed by atoms with E-state index in [-0.39, 0.29) is 17.4 Å². The van der Waals surface area contributed by atoms with Crippen molar-refractivity contribution in [3.05, 3.63) is 53.1 Å². The average molecular weight is 316 g/mol. The molecule has 7 heteroatoms. The van der Waals surface area contributed by atoms with E-state index in [4.69, 9.17) is 0 Å². The second-order valence-electron chi connectivity index (χ2n) is 4.86. The number of carbonyl (C=O) groups is 1. The van der Waals surface area contributed by atoms with E-state index in [0.29, 0.717) is 16.5 Å². The van der Waals surface area contributed by atoms with Crippen LogP contribution in [-0.2, 0) is 0 Å². The van der Waals surface area contributed by atoms with Gasteiger partial charge in [-0.3, -0.25) is 4.79 Å². The second kappa shape index (κ2) is 5.84. The van der Waals surface area contributed by atoms with Crippen molar-refractivity contribution < 1.29 is 9.18 Å². The Kier molecular flexibility index (Phi) is 3.89. The summed E-state index contributed by atoms with van der Waals surface area (Å²) in [5, 5.41) is 4.82. The van der Waals surface area contributed by atoms with Crippen molar-refractivity contribution in [3.8, 4) is 0 Å². The number of nitrogens with zero attached hydrogens (tertiary/aromatic N) is 4. The number of rotatable bonds is 4. The van der Waals surface area contributed by atoms with E-state index in [1.165, 1.54) is 36.0 Å². The number of fused-ring (bicyclic) bond motifs is 1. The van der Waals surface area contributed by atoms with Gasteiger partial charge >= 0.3 is 0 Å². The van der Waals surface area contributed by atoms with Crippen molar-refractivity contribution in [2.75, 3.05) is 5.75 Å². The van der Waals surface area contributed by atoms with Gasteiger partial charge in [-0.1, -0.05) is 11.8 Å². The Labute approximate surface area is 130 Å². The molecule has 0 atom stereocenters. The third kappa shape index (κ3) is 2.99. The zero-order valence-corrected chi connectivity index (χ0v) is 12.9. The molecule has 0 radical (unpaired) electrons. The molecule has 0 saturated heterocycles. The van der Waals surface area contributed by atoms with Gasteiger partial charge in [0.15, 0.2) is 5.78 Å². The summed E-state index contributed by atoms with van der Waals surface area (Å²) in [6.45, 7) is 3.82. The number of hydrogen-bond donors (Lipinski definition) is 0. The first-order valence-corrected chi connectivity index (χ1v) is 7.64. The fourth-order valence-corrected chi connectivity index (χ4v) is 2.77. The molecule has 0 amide bonds. The van der Waals surface area contributed by atoms with E-state index in [2.05, 4.69) is 15.1 Å². The molecule has 0 saturated carbocycles. The third-order valence-electron chi connectivity index (χ3n) is 3.10. The lowest BCUT2D eigenvalue weighted by atomic mass is 10.1. The predicted molar refractivity (Wildman–Crippen MR) is 81.7 cm³/mol. The Morgan fingerprint density at radius 1 is 1.23 bits per heavy atom. The van der Waals surface area contributed by atoms with Crippen LogP contribution < -0.4 is 0 Å². The summed E-state index contributed by atoms with van der Waals surface area (Å²) in [5.41, 5.74) is 2.28. The van der Waals surface area contributed by atoms with Crippen LogP contribution in [0.15, 0.2) is 35.5 Å². The Balaban J connectivity index is 1.75. The summed E-state index contributed by atoms with van der Waals surface area (Å²) in [6.07, 6.45) is 0. The first-order valence-electron chi connectivity index (χ1n) is 6.65. The predicted octanol–water partition coefficient (Wildman–Crippen LogP) is 2.86. The minimum Gasteiger partial charge on any atom is -0.293 e. The maximum atomic E-state index is 12.8. The van der Waals surface area contributed by atoms with Crippen LogP contribution >= 0.6 is 11.8 Å². The lowest BCUT2D eigenvalue weighted by Crippen LogP contribution is -2.02. The van der Waals surface area contributed by atoms with Crippen LogP contribution in [0.3, 0.4) is 0 Å². The number of aromatic nitrogens is 4.